The Hall–Kier alpha value is -0.830. The summed E-state index contributed by atoms with van der Waals surface area (Å²) in [6.45, 7) is 2.36. The van der Waals surface area contributed by atoms with Gasteiger partial charge in [0.1, 0.15) is 0 Å². The number of hydrogen-bond donors (Lipinski definition) is 0. The average molecular weight is 320 g/mol. The van der Waals surface area contributed by atoms with Crippen molar-refractivity contribution in [3.63, 3.8) is 0 Å². The Balaban J connectivity index is 1.60. The zero-order chi connectivity index (χ0) is 15.6. The smallest absolute Gasteiger partial charge is 0.181 e. The van der Waals surface area contributed by atoms with Gasteiger partial charge in [0.25, 0.3) is 0 Å². The van der Waals surface area contributed by atoms with Crippen molar-refractivity contribution in [2.45, 2.75) is 68.4 Å². The second kappa shape index (κ2) is 6.74. The first-order valence-corrected chi connectivity index (χ1v) is 10.4. The number of hydrogen-bond acceptors (Lipinski definition) is 2. The Morgan fingerprint density at radius 2 is 1.27 bits per heavy atom. The van der Waals surface area contributed by atoms with Gasteiger partial charge in [0.15, 0.2) is 9.84 Å². The van der Waals surface area contributed by atoms with Crippen molar-refractivity contribution in [2.75, 3.05) is 0 Å². The molecule has 3 rings (SSSR count). The Kier molecular flexibility index (Phi) is 4.91. The second-order valence-electron chi connectivity index (χ2n) is 7.41. The van der Waals surface area contributed by atoms with Crippen LogP contribution in [0, 0.1) is 17.8 Å². The molecule has 0 N–H and O–H groups in total. The Morgan fingerprint density at radius 1 is 0.773 bits per heavy atom. The zero-order valence-electron chi connectivity index (χ0n) is 13.6. The van der Waals surface area contributed by atoms with Crippen molar-refractivity contribution in [1.82, 2.24) is 0 Å². The van der Waals surface area contributed by atoms with E-state index in [9.17, 15) is 8.42 Å². The van der Waals surface area contributed by atoms with Crippen LogP contribution in [0.5, 0.6) is 0 Å². The van der Waals surface area contributed by atoms with Crippen molar-refractivity contribution in [3.8, 4) is 0 Å². The summed E-state index contributed by atoms with van der Waals surface area (Å²) in [5.41, 5.74) is 0. The summed E-state index contributed by atoms with van der Waals surface area (Å²) in [7, 11) is -3.12. The van der Waals surface area contributed by atoms with Crippen molar-refractivity contribution in [1.29, 1.82) is 0 Å². The molecule has 0 amide bonds. The first-order chi connectivity index (χ1) is 10.6. The van der Waals surface area contributed by atoms with Gasteiger partial charge in [0, 0.05) is 0 Å². The van der Waals surface area contributed by atoms with Gasteiger partial charge in [-0.1, -0.05) is 38.0 Å². The van der Waals surface area contributed by atoms with Crippen LogP contribution in [0.25, 0.3) is 0 Å². The van der Waals surface area contributed by atoms with Crippen molar-refractivity contribution < 1.29 is 8.42 Å². The van der Waals surface area contributed by atoms with E-state index in [1.54, 1.807) is 12.1 Å². The van der Waals surface area contributed by atoms with Crippen LogP contribution in [0.4, 0.5) is 0 Å². The third kappa shape index (κ3) is 3.40. The molecule has 0 bridgehead atoms. The molecular formula is C19H28O2S. The first kappa shape index (κ1) is 16.0. The van der Waals surface area contributed by atoms with Crippen LogP contribution in [-0.2, 0) is 9.84 Å². The minimum absolute atomic E-state index is 0.159. The Bertz CT molecular complexity index is 563. The van der Waals surface area contributed by atoms with Gasteiger partial charge in [0.05, 0.1) is 10.1 Å². The highest BCUT2D eigenvalue weighted by atomic mass is 32.2. The molecule has 0 atom stereocenters. The molecule has 2 nitrogen and oxygen atoms in total. The van der Waals surface area contributed by atoms with Gasteiger partial charge in [0.2, 0.25) is 0 Å². The van der Waals surface area contributed by atoms with E-state index >= 15 is 0 Å². The Morgan fingerprint density at radius 3 is 1.82 bits per heavy atom. The molecule has 0 aromatic heterocycles. The van der Waals surface area contributed by atoms with Gasteiger partial charge in [-0.15, -0.1) is 0 Å². The van der Waals surface area contributed by atoms with Crippen molar-refractivity contribution in [2.24, 2.45) is 17.8 Å². The molecule has 0 aliphatic heterocycles. The normalized spacial score (nSPS) is 33.5. The predicted octanol–water partition coefficient (Wildman–Crippen LogP) is 4.85. The summed E-state index contributed by atoms with van der Waals surface area (Å²) in [5.74, 6) is 2.53. The van der Waals surface area contributed by atoms with Crippen LogP contribution < -0.4 is 0 Å². The monoisotopic (exact) mass is 320 g/mol. The molecule has 2 aliphatic carbocycles. The first-order valence-electron chi connectivity index (χ1n) is 8.86. The highest BCUT2D eigenvalue weighted by molar-refractivity contribution is 7.92. The zero-order valence-corrected chi connectivity index (χ0v) is 14.4. The molecule has 122 valence electrons. The van der Waals surface area contributed by atoms with E-state index in [4.69, 9.17) is 0 Å². The fourth-order valence-electron chi connectivity index (χ4n) is 4.43. The van der Waals surface area contributed by atoms with Gasteiger partial charge in [-0.3, -0.25) is 0 Å². The molecule has 0 saturated heterocycles. The quantitative estimate of drug-likeness (QED) is 0.798. The molecule has 0 radical (unpaired) electrons. The number of benzene rings is 1. The number of sulfone groups is 1. The topological polar surface area (TPSA) is 34.1 Å². The van der Waals surface area contributed by atoms with Gasteiger partial charge in [-0.25, -0.2) is 8.42 Å². The summed E-state index contributed by atoms with van der Waals surface area (Å²) in [6.07, 6.45) is 9.39. The Labute approximate surface area is 135 Å². The van der Waals surface area contributed by atoms with E-state index in [0.717, 1.165) is 43.4 Å². The van der Waals surface area contributed by atoms with Crippen LogP contribution in [-0.4, -0.2) is 13.7 Å². The fraction of sp³-hybridized carbons (Fsp3) is 0.684. The lowest BCUT2D eigenvalue weighted by atomic mass is 9.71. The molecule has 0 unspecified atom stereocenters. The second-order valence-corrected chi connectivity index (χ2v) is 9.64. The lowest BCUT2D eigenvalue weighted by Gasteiger charge is -2.37. The molecule has 0 spiro atoms. The van der Waals surface area contributed by atoms with E-state index in [1.165, 1.54) is 25.7 Å². The van der Waals surface area contributed by atoms with E-state index in [-0.39, 0.29) is 5.25 Å². The minimum Gasteiger partial charge on any atom is -0.223 e. The van der Waals surface area contributed by atoms with E-state index in [0.29, 0.717) is 4.90 Å². The van der Waals surface area contributed by atoms with Crippen LogP contribution in [0.15, 0.2) is 35.2 Å². The molecule has 22 heavy (non-hydrogen) atoms. The fourth-order valence-corrected chi connectivity index (χ4v) is 6.24. The molecule has 2 fully saturated rings. The maximum Gasteiger partial charge on any atom is 0.181 e. The van der Waals surface area contributed by atoms with E-state index in [1.807, 2.05) is 18.2 Å². The SMILES string of the molecule is CC1CCC(C2CCC(S(=O)(=O)c3ccccc3)CC2)CC1. The largest absolute Gasteiger partial charge is 0.223 e. The van der Waals surface area contributed by atoms with E-state index in [2.05, 4.69) is 6.92 Å². The minimum atomic E-state index is -3.12. The van der Waals surface area contributed by atoms with Crippen molar-refractivity contribution in [3.05, 3.63) is 30.3 Å². The van der Waals surface area contributed by atoms with Gasteiger partial charge in [-0.2, -0.15) is 0 Å². The molecule has 2 aliphatic rings. The van der Waals surface area contributed by atoms with Crippen LogP contribution >= 0.6 is 0 Å². The lowest BCUT2D eigenvalue weighted by molar-refractivity contribution is 0.173. The van der Waals surface area contributed by atoms with Gasteiger partial charge < -0.3 is 0 Å². The average Bonchev–Trinajstić information content (AvgIpc) is 2.56. The maximum absolute atomic E-state index is 12.7. The molecular weight excluding hydrogens is 292 g/mol. The summed E-state index contributed by atoms with van der Waals surface area (Å²) >= 11 is 0. The summed E-state index contributed by atoms with van der Waals surface area (Å²) in [6, 6.07) is 9.00. The van der Waals surface area contributed by atoms with Gasteiger partial charge in [-0.05, 0) is 68.4 Å². The maximum atomic E-state index is 12.7. The summed E-state index contributed by atoms with van der Waals surface area (Å²) < 4.78 is 25.4. The molecule has 2 saturated carbocycles. The predicted molar refractivity (Wildman–Crippen MR) is 90.5 cm³/mol. The van der Waals surface area contributed by atoms with Crippen LogP contribution in [0.3, 0.4) is 0 Å². The van der Waals surface area contributed by atoms with Crippen LogP contribution in [0.1, 0.15) is 58.3 Å². The molecule has 1 aromatic rings. The summed E-state index contributed by atoms with van der Waals surface area (Å²) in [4.78, 5) is 0.505. The lowest BCUT2D eigenvalue weighted by Crippen LogP contribution is -2.31. The highest BCUT2D eigenvalue weighted by Gasteiger charge is 2.35. The molecule has 1 aromatic carbocycles. The molecule has 3 heteroatoms. The standard InChI is InChI=1S/C19H28O2S/c1-15-7-9-16(10-8-15)17-11-13-19(14-12-17)22(20,21)18-5-3-2-4-6-18/h2-6,15-17,19H,7-14H2,1H3. The third-order valence-electron chi connectivity index (χ3n) is 5.96. The summed E-state index contributed by atoms with van der Waals surface area (Å²) in [5, 5.41) is -0.159. The molecule has 0 heterocycles. The van der Waals surface area contributed by atoms with Crippen LogP contribution in [0.2, 0.25) is 0 Å². The van der Waals surface area contributed by atoms with E-state index < -0.39 is 9.84 Å². The van der Waals surface area contributed by atoms with Crippen molar-refractivity contribution >= 4 is 9.84 Å². The number of rotatable bonds is 3. The highest BCUT2D eigenvalue weighted by Crippen LogP contribution is 2.41. The third-order valence-corrected chi connectivity index (χ3v) is 8.23. The van der Waals surface area contributed by atoms with Gasteiger partial charge >= 0.3 is 0 Å².